The summed E-state index contributed by atoms with van der Waals surface area (Å²) in [6.07, 6.45) is 1.26. The van der Waals surface area contributed by atoms with Crippen LogP contribution in [0, 0.1) is 0 Å². The van der Waals surface area contributed by atoms with Crippen LogP contribution in [0.15, 0.2) is 54.6 Å². The monoisotopic (exact) mass is 338 g/mol. The van der Waals surface area contributed by atoms with Gasteiger partial charge in [0.2, 0.25) is 0 Å². The van der Waals surface area contributed by atoms with E-state index in [1.54, 1.807) is 0 Å². The van der Waals surface area contributed by atoms with Gasteiger partial charge in [-0.15, -0.1) is 0 Å². The van der Waals surface area contributed by atoms with E-state index in [2.05, 4.69) is 60.0 Å². The second-order valence-corrected chi connectivity index (χ2v) is 7.18. The molecule has 2 aromatic carbocycles. The molecule has 134 valence electrons. The van der Waals surface area contributed by atoms with E-state index >= 15 is 0 Å². The van der Waals surface area contributed by atoms with Gasteiger partial charge in [-0.05, 0) is 56.6 Å². The van der Waals surface area contributed by atoms with Gasteiger partial charge in [-0.25, -0.2) is 0 Å². The zero-order valence-electron chi connectivity index (χ0n) is 15.5. The molecule has 3 heteroatoms. The molecule has 2 aromatic rings. The molecular formula is C22H30N2O. The number of hydrogen-bond acceptors (Lipinski definition) is 3. The van der Waals surface area contributed by atoms with Crippen LogP contribution in [0.3, 0.4) is 0 Å². The summed E-state index contributed by atoms with van der Waals surface area (Å²) in [5.74, 6) is 0.939. The predicted octanol–water partition coefficient (Wildman–Crippen LogP) is 4.18. The third-order valence-electron chi connectivity index (χ3n) is 4.93. The first-order valence-electron chi connectivity index (χ1n) is 9.43. The van der Waals surface area contributed by atoms with Crippen molar-refractivity contribution in [3.63, 3.8) is 0 Å². The summed E-state index contributed by atoms with van der Waals surface area (Å²) in [6.45, 7) is 11.0. The summed E-state index contributed by atoms with van der Waals surface area (Å²) in [6, 6.07) is 19.5. The first-order valence-corrected chi connectivity index (χ1v) is 9.43. The molecule has 0 aliphatic carbocycles. The smallest absolute Gasteiger partial charge is 0.119 e. The van der Waals surface area contributed by atoms with Crippen LogP contribution >= 0.6 is 0 Å². The SMILES string of the molecule is CC(C)N1CCCN(Cc2ccc(OCc3ccccc3)cc2)CC1. The van der Waals surface area contributed by atoms with Crippen molar-refractivity contribution in [1.82, 2.24) is 9.80 Å². The zero-order valence-corrected chi connectivity index (χ0v) is 15.5. The molecule has 0 radical (unpaired) electrons. The van der Waals surface area contributed by atoms with Gasteiger partial charge in [-0.2, -0.15) is 0 Å². The standard InChI is InChI=1S/C22H30N2O/c1-19(2)24-14-6-13-23(15-16-24)17-20-9-11-22(12-10-20)25-18-21-7-4-3-5-8-21/h3-5,7-12,19H,6,13-18H2,1-2H3. The van der Waals surface area contributed by atoms with Crippen LogP contribution in [0.25, 0.3) is 0 Å². The lowest BCUT2D eigenvalue weighted by atomic mass is 10.2. The lowest BCUT2D eigenvalue weighted by Gasteiger charge is -2.25. The molecule has 3 nitrogen and oxygen atoms in total. The van der Waals surface area contributed by atoms with Crippen LogP contribution in [0.2, 0.25) is 0 Å². The van der Waals surface area contributed by atoms with Gasteiger partial charge in [-0.1, -0.05) is 42.5 Å². The molecule has 1 aliphatic heterocycles. The van der Waals surface area contributed by atoms with Crippen molar-refractivity contribution < 1.29 is 4.74 Å². The Bertz CT molecular complexity index is 624. The number of benzene rings is 2. The molecule has 0 aromatic heterocycles. The zero-order chi connectivity index (χ0) is 17.5. The van der Waals surface area contributed by atoms with Gasteiger partial charge in [-0.3, -0.25) is 9.80 Å². The van der Waals surface area contributed by atoms with Crippen LogP contribution in [0.4, 0.5) is 0 Å². The second-order valence-electron chi connectivity index (χ2n) is 7.18. The number of hydrogen-bond donors (Lipinski definition) is 0. The third-order valence-corrected chi connectivity index (χ3v) is 4.93. The maximum Gasteiger partial charge on any atom is 0.119 e. The average Bonchev–Trinajstić information content (AvgIpc) is 2.88. The third kappa shape index (κ3) is 5.58. The molecule has 1 fully saturated rings. The van der Waals surface area contributed by atoms with Gasteiger partial charge in [0, 0.05) is 25.7 Å². The Morgan fingerprint density at radius 2 is 1.60 bits per heavy atom. The lowest BCUT2D eigenvalue weighted by Crippen LogP contribution is -2.34. The Kier molecular flexibility index (Phi) is 6.48. The number of ether oxygens (including phenoxy) is 1. The van der Waals surface area contributed by atoms with Gasteiger partial charge < -0.3 is 4.74 Å². The molecule has 0 bridgehead atoms. The van der Waals surface area contributed by atoms with E-state index in [-0.39, 0.29) is 0 Å². The Labute approximate surface area is 152 Å². The molecule has 0 amide bonds. The highest BCUT2D eigenvalue weighted by molar-refractivity contribution is 5.27. The van der Waals surface area contributed by atoms with Crippen LogP contribution in [-0.4, -0.2) is 42.0 Å². The van der Waals surface area contributed by atoms with Gasteiger partial charge in [0.25, 0.3) is 0 Å². The summed E-state index contributed by atoms with van der Waals surface area (Å²) >= 11 is 0. The molecule has 25 heavy (non-hydrogen) atoms. The number of nitrogens with zero attached hydrogens (tertiary/aromatic N) is 2. The minimum atomic E-state index is 0.622. The molecule has 0 atom stereocenters. The molecular weight excluding hydrogens is 308 g/mol. The van der Waals surface area contributed by atoms with E-state index in [1.165, 1.54) is 37.2 Å². The van der Waals surface area contributed by atoms with Gasteiger partial charge in [0.05, 0.1) is 0 Å². The molecule has 0 saturated carbocycles. The Morgan fingerprint density at radius 3 is 2.32 bits per heavy atom. The highest BCUT2D eigenvalue weighted by Gasteiger charge is 2.16. The molecule has 1 saturated heterocycles. The summed E-state index contributed by atoms with van der Waals surface area (Å²) in [5.41, 5.74) is 2.57. The minimum Gasteiger partial charge on any atom is -0.489 e. The van der Waals surface area contributed by atoms with Crippen molar-refractivity contribution in [3.05, 3.63) is 65.7 Å². The summed E-state index contributed by atoms with van der Waals surface area (Å²) in [4.78, 5) is 5.16. The van der Waals surface area contributed by atoms with Crippen molar-refractivity contribution in [1.29, 1.82) is 0 Å². The topological polar surface area (TPSA) is 15.7 Å². The first-order chi connectivity index (χ1) is 12.2. The van der Waals surface area contributed by atoms with E-state index in [9.17, 15) is 0 Å². The number of rotatable bonds is 6. The second kappa shape index (κ2) is 9.02. The molecule has 0 unspecified atom stereocenters. The van der Waals surface area contributed by atoms with Crippen LogP contribution < -0.4 is 4.74 Å². The fourth-order valence-corrected chi connectivity index (χ4v) is 3.36. The fourth-order valence-electron chi connectivity index (χ4n) is 3.36. The fraction of sp³-hybridized carbons (Fsp3) is 0.455. The first kappa shape index (κ1) is 18.0. The van der Waals surface area contributed by atoms with Crippen molar-refractivity contribution in [2.45, 2.75) is 39.5 Å². The minimum absolute atomic E-state index is 0.622. The van der Waals surface area contributed by atoms with Crippen molar-refractivity contribution >= 4 is 0 Å². The van der Waals surface area contributed by atoms with Crippen LogP contribution in [0.5, 0.6) is 5.75 Å². The van der Waals surface area contributed by atoms with Gasteiger partial charge >= 0.3 is 0 Å². The summed E-state index contributed by atoms with van der Waals surface area (Å²) in [5, 5.41) is 0. The van der Waals surface area contributed by atoms with E-state index < -0.39 is 0 Å². The van der Waals surface area contributed by atoms with Crippen LogP contribution in [-0.2, 0) is 13.2 Å². The predicted molar refractivity (Wildman–Crippen MR) is 104 cm³/mol. The van der Waals surface area contributed by atoms with E-state index in [0.717, 1.165) is 18.8 Å². The largest absolute Gasteiger partial charge is 0.489 e. The molecule has 3 rings (SSSR count). The quantitative estimate of drug-likeness (QED) is 0.786. The molecule has 0 spiro atoms. The average molecular weight is 338 g/mol. The lowest BCUT2D eigenvalue weighted by molar-refractivity contribution is 0.218. The van der Waals surface area contributed by atoms with Gasteiger partial charge in [0.1, 0.15) is 12.4 Å². The highest BCUT2D eigenvalue weighted by Crippen LogP contribution is 2.16. The molecule has 1 aliphatic rings. The van der Waals surface area contributed by atoms with E-state index in [4.69, 9.17) is 4.74 Å². The molecule has 1 heterocycles. The summed E-state index contributed by atoms with van der Waals surface area (Å²) in [7, 11) is 0. The normalized spacial score (nSPS) is 16.8. The Balaban J connectivity index is 1.49. The Hall–Kier alpha value is -1.84. The van der Waals surface area contributed by atoms with E-state index in [0.29, 0.717) is 12.6 Å². The van der Waals surface area contributed by atoms with E-state index in [1.807, 2.05) is 18.2 Å². The van der Waals surface area contributed by atoms with Gasteiger partial charge in [0.15, 0.2) is 0 Å². The maximum atomic E-state index is 5.88. The Morgan fingerprint density at radius 1 is 0.840 bits per heavy atom. The summed E-state index contributed by atoms with van der Waals surface area (Å²) < 4.78 is 5.88. The highest BCUT2D eigenvalue weighted by atomic mass is 16.5. The molecule has 0 N–H and O–H groups in total. The van der Waals surface area contributed by atoms with Crippen molar-refractivity contribution in [2.75, 3.05) is 26.2 Å². The van der Waals surface area contributed by atoms with Crippen LogP contribution in [0.1, 0.15) is 31.4 Å². The maximum absolute atomic E-state index is 5.88. The van der Waals surface area contributed by atoms with Crippen molar-refractivity contribution in [3.8, 4) is 5.75 Å². The van der Waals surface area contributed by atoms with Crippen molar-refractivity contribution in [2.24, 2.45) is 0 Å².